The number of hydrogen-bond acceptors (Lipinski definition) is 7. The molecule has 8 heteroatoms. The highest BCUT2D eigenvalue weighted by atomic mass is 16.6. The Hall–Kier alpha value is -4.33. The average Bonchev–Trinajstić information content (AvgIpc) is 2.85. The number of aromatic hydroxyl groups is 1. The minimum absolute atomic E-state index is 0.113. The Balaban J connectivity index is 1.67. The van der Waals surface area contributed by atoms with E-state index in [4.69, 9.17) is 14.2 Å². The molecule has 0 aliphatic carbocycles. The van der Waals surface area contributed by atoms with Gasteiger partial charge in [0.15, 0.2) is 11.5 Å². The molecule has 3 aromatic rings. The predicted octanol–water partition coefficient (Wildman–Crippen LogP) is 4.56. The zero-order chi connectivity index (χ0) is 24.3. The Morgan fingerprint density at radius 1 is 0.971 bits per heavy atom. The number of nitrogens with one attached hydrogen (secondary N) is 1. The first-order chi connectivity index (χ1) is 16.5. The first-order valence-corrected chi connectivity index (χ1v) is 10.8. The topological polar surface area (TPSA) is 106 Å². The summed E-state index contributed by atoms with van der Waals surface area (Å²) in [6.07, 6.45) is 2.31. The van der Waals surface area contributed by atoms with E-state index in [1.807, 2.05) is 13.8 Å². The molecule has 0 atom stereocenters. The van der Waals surface area contributed by atoms with Gasteiger partial charge < -0.3 is 19.3 Å². The van der Waals surface area contributed by atoms with Crippen molar-refractivity contribution in [2.24, 2.45) is 5.10 Å². The summed E-state index contributed by atoms with van der Waals surface area (Å²) in [5.74, 6) is 0.0911. The number of ether oxygens (including phenoxy) is 3. The van der Waals surface area contributed by atoms with Crippen LogP contribution in [0.4, 0.5) is 0 Å². The molecule has 0 fully saturated rings. The Morgan fingerprint density at radius 2 is 1.74 bits per heavy atom. The van der Waals surface area contributed by atoms with Gasteiger partial charge in [-0.3, -0.25) is 4.79 Å². The summed E-state index contributed by atoms with van der Waals surface area (Å²) in [6, 6.07) is 17.8. The number of carbonyl (C=O) groups excluding carboxylic acids is 2. The van der Waals surface area contributed by atoms with Crippen LogP contribution in [0.1, 0.15) is 46.5 Å². The van der Waals surface area contributed by atoms with Gasteiger partial charge in [0, 0.05) is 0 Å². The fraction of sp³-hybridized carbons (Fsp3) is 0.192. The molecule has 0 heterocycles. The SMILES string of the molecule is CCCOc1ccc(C(=O)Oc2ccc(/C=N\NC(=O)c3ccccc3O)cc2OCC)cc1. The average molecular weight is 463 g/mol. The van der Waals surface area contributed by atoms with Crippen molar-refractivity contribution in [3.05, 3.63) is 83.4 Å². The van der Waals surface area contributed by atoms with Gasteiger partial charge >= 0.3 is 5.97 Å². The molecular weight excluding hydrogens is 436 g/mol. The van der Waals surface area contributed by atoms with Crippen LogP contribution in [-0.2, 0) is 0 Å². The van der Waals surface area contributed by atoms with E-state index >= 15 is 0 Å². The van der Waals surface area contributed by atoms with Crippen LogP contribution in [0.3, 0.4) is 0 Å². The van der Waals surface area contributed by atoms with E-state index in [0.29, 0.717) is 35.8 Å². The summed E-state index contributed by atoms with van der Waals surface area (Å²) in [7, 11) is 0. The smallest absolute Gasteiger partial charge is 0.343 e. The van der Waals surface area contributed by atoms with Crippen LogP contribution in [0.5, 0.6) is 23.0 Å². The summed E-state index contributed by atoms with van der Waals surface area (Å²) < 4.78 is 16.7. The monoisotopic (exact) mass is 462 g/mol. The minimum Gasteiger partial charge on any atom is -0.507 e. The molecule has 176 valence electrons. The summed E-state index contributed by atoms with van der Waals surface area (Å²) in [5, 5.41) is 13.7. The quantitative estimate of drug-likeness (QED) is 0.198. The number of phenolic OH excluding ortho intramolecular Hbond substituents is 1. The second-order valence-corrected chi connectivity index (χ2v) is 7.12. The van der Waals surface area contributed by atoms with Gasteiger partial charge in [-0.15, -0.1) is 0 Å². The second-order valence-electron chi connectivity index (χ2n) is 7.12. The molecule has 34 heavy (non-hydrogen) atoms. The Labute approximate surface area is 197 Å². The molecule has 0 saturated heterocycles. The second kappa shape index (κ2) is 12.1. The first-order valence-electron chi connectivity index (χ1n) is 10.8. The van der Waals surface area contributed by atoms with Crippen molar-refractivity contribution >= 4 is 18.1 Å². The third-order valence-electron chi connectivity index (χ3n) is 4.56. The van der Waals surface area contributed by atoms with Crippen molar-refractivity contribution in [1.82, 2.24) is 5.43 Å². The zero-order valence-corrected chi connectivity index (χ0v) is 19.0. The van der Waals surface area contributed by atoms with Gasteiger partial charge in [0.25, 0.3) is 5.91 Å². The van der Waals surface area contributed by atoms with Crippen LogP contribution in [0.15, 0.2) is 71.8 Å². The number of hydrogen-bond donors (Lipinski definition) is 2. The third kappa shape index (κ3) is 6.59. The number of esters is 1. The molecule has 0 spiro atoms. The van der Waals surface area contributed by atoms with Crippen LogP contribution in [0, 0.1) is 0 Å². The molecule has 0 aliphatic rings. The Morgan fingerprint density at radius 3 is 2.44 bits per heavy atom. The van der Waals surface area contributed by atoms with Crippen molar-refractivity contribution in [3.8, 4) is 23.0 Å². The molecule has 0 unspecified atom stereocenters. The fourth-order valence-electron chi connectivity index (χ4n) is 2.91. The molecule has 3 aromatic carbocycles. The van der Waals surface area contributed by atoms with E-state index in [1.165, 1.54) is 18.3 Å². The molecule has 2 N–H and O–H groups in total. The molecule has 0 radical (unpaired) electrons. The van der Waals surface area contributed by atoms with Gasteiger partial charge in [0.1, 0.15) is 11.5 Å². The highest BCUT2D eigenvalue weighted by molar-refractivity contribution is 5.97. The van der Waals surface area contributed by atoms with Crippen LogP contribution in [0.25, 0.3) is 0 Å². The molecule has 0 aromatic heterocycles. The molecular formula is C26H26N2O6. The molecule has 0 aliphatic heterocycles. The normalized spacial score (nSPS) is 10.6. The highest BCUT2D eigenvalue weighted by Gasteiger charge is 2.14. The number of benzene rings is 3. The molecule has 1 amide bonds. The van der Waals surface area contributed by atoms with Crippen molar-refractivity contribution in [2.45, 2.75) is 20.3 Å². The van der Waals surface area contributed by atoms with Crippen LogP contribution in [0.2, 0.25) is 0 Å². The maximum absolute atomic E-state index is 12.6. The van der Waals surface area contributed by atoms with Crippen molar-refractivity contribution in [2.75, 3.05) is 13.2 Å². The van der Waals surface area contributed by atoms with Crippen molar-refractivity contribution in [3.63, 3.8) is 0 Å². The maximum atomic E-state index is 12.6. The lowest BCUT2D eigenvalue weighted by atomic mass is 10.2. The lowest BCUT2D eigenvalue weighted by molar-refractivity contribution is 0.0728. The van der Waals surface area contributed by atoms with Gasteiger partial charge in [0.05, 0.1) is 30.6 Å². The Kier molecular flexibility index (Phi) is 8.62. The van der Waals surface area contributed by atoms with E-state index in [1.54, 1.807) is 54.6 Å². The van der Waals surface area contributed by atoms with Crippen molar-refractivity contribution < 1.29 is 28.9 Å². The van der Waals surface area contributed by atoms with E-state index in [-0.39, 0.29) is 17.1 Å². The van der Waals surface area contributed by atoms with Crippen molar-refractivity contribution in [1.29, 1.82) is 0 Å². The zero-order valence-electron chi connectivity index (χ0n) is 19.0. The standard InChI is InChI=1S/C26H26N2O6/c1-3-15-33-20-12-10-19(11-13-20)26(31)34-23-14-9-18(16-24(23)32-4-2)17-27-28-25(30)21-7-5-6-8-22(21)29/h5-14,16-17,29H,3-4,15H2,1-2H3,(H,28,30)/b27-17-. The summed E-state index contributed by atoms with van der Waals surface area (Å²) in [5.41, 5.74) is 3.46. The number of amides is 1. The number of carbonyl (C=O) groups is 2. The summed E-state index contributed by atoms with van der Waals surface area (Å²) in [6.45, 7) is 4.80. The Bertz CT molecular complexity index is 1160. The van der Waals surface area contributed by atoms with Gasteiger partial charge in [0.2, 0.25) is 0 Å². The third-order valence-corrected chi connectivity index (χ3v) is 4.56. The van der Waals surface area contributed by atoms with E-state index in [2.05, 4.69) is 10.5 Å². The van der Waals surface area contributed by atoms with Crippen LogP contribution < -0.4 is 19.6 Å². The van der Waals surface area contributed by atoms with E-state index in [0.717, 1.165) is 6.42 Å². The lowest BCUT2D eigenvalue weighted by Crippen LogP contribution is -2.17. The van der Waals surface area contributed by atoms with E-state index < -0.39 is 11.9 Å². The number of nitrogens with zero attached hydrogens (tertiary/aromatic N) is 1. The molecule has 3 rings (SSSR count). The maximum Gasteiger partial charge on any atom is 0.343 e. The van der Waals surface area contributed by atoms with Gasteiger partial charge in [-0.25, -0.2) is 10.2 Å². The lowest BCUT2D eigenvalue weighted by Gasteiger charge is -2.12. The number of phenols is 1. The fourth-order valence-corrected chi connectivity index (χ4v) is 2.91. The molecule has 0 bridgehead atoms. The van der Waals surface area contributed by atoms with Crippen LogP contribution >= 0.6 is 0 Å². The van der Waals surface area contributed by atoms with Gasteiger partial charge in [-0.2, -0.15) is 5.10 Å². The molecule has 0 saturated carbocycles. The number of para-hydroxylation sites is 1. The van der Waals surface area contributed by atoms with Gasteiger partial charge in [-0.1, -0.05) is 19.1 Å². The first kappa shape index (κ1) is 24.3. The van der Waals surface area contributed by atoms with E-state index in [9.17, 15) is 14.7 Å². The van der Waals surface area contributed by atoms with Crippen LogP contribution in [-0.4, -0.2) is 36.4 Å². The number of rotatable bonds is 10. The summed E-state index contributed by atoms with van der Waals surface area (Å²) >= 11 is 0. The molecule has 8 nitrogen and oxygen atoms in total. The summed E-state index contributed by atoms with van der Waals surface area (Å²) in [4.78, 5) is 24.7. The minimum atomic E-state index is -0.545. The predicted molar refractivity (Wildman–Crippen MR) is 128 cm³/mol. The largest absolute Gasteiger partial charge is 0.507 e. The highest BCUT2D eigenvalue weighted by Crippen LogP contribution is 2.29. The van der Waals surface area contributed by atoms with Gasteiger partial charge in [-0.05, 0) is 73.5 Å². The number of hydrazone groups is 1.